The topological polar surface area (TPSA) is 17.1 Å². The van der Waals surface area contributed by atoms with Crippen LogP contribution in [-0.4, -0.2) is 15.2 Å². The molecule has 0 N–H and O–H groups in total. The molecule has 0 saturated carbocycles. The molecule has 1 atom stereocenters. The fourth-order valence-corrected chi connectivity index (χ4v) is 3.55. The van der Waals surface area contributed by atoms with Gasteiger partial charge in [-0.25, -0.2) is 0 Å². The van der Waals surface area contributed by atoms with Crippen LogP contribution >= 0.6 is 0 Å². The fraction of sp³-hybridized carbons (Fsp3) is 0.700. The summed E-state index contributed by atoms with van der Waals surface area (Å²) in [6.07, 6.45) is 11.2. The van der Waals surface area contributed by atoms with Crippen LogP contribution in [0.5, 0.6) is 0 Å². The van der Waals surface area contributed by atoms with Crippen molar-refractivity contribution in [3.8, 4) is 0 Å². The molecule has 1 aromatic rings. The highest BCUT2D eigenvalue weighted by Gasteiger charge is 2.03. The monoisotopic (exact) mass is 322 g/mol. The molecule has 0 bridgehead atoms. The fourth-order valence-electron chi connectivity index (χ4n) is 2.59. The van der Waals surface area contributed by atoms with Gasteiger partial charge in [0.15, 0.2) is 0 Å². The lowest BCUT2D eigenvalue weighted by atomic mass is 10.0. The third-order valence-electron chi connectivity index (χ3n) is 4.18. The molecule has 0 fully saturated rings. The van der Waals surface area contributed by atoms with E-state index in [1.165, 1.54) is 62.5 Å². The standard InChI is InChI=1S/C20H34OS/c1-4-5-11-19-13-15-20(16-14-19)12-9-7-6-8-10-17-22(21)18(2)3/h13-16,18H,4-12,17H2,1-3H3. The quantitative estimate of drug-likeness (QED) is 0.452. The zero-order valence-corrected chi connectivity index (χ0v) is 15.6. The van der Waals surface area contributed by atoms with Gasteiger partial charge in [-0.3, -0.25) is 4.21 Å². The van der Waals surface area contributed by atoms with Crippen molar-refractivity contribution in [1.29, 1.82) is 0 Å². The molecule has 1 nitrogen and oxygen atoms in total. The van der Waals surface area contributed by atoms with Crippen LogP contribution in [0.4, 0.5) is 0 Å². The second-order valence-electron chi connectivity index (χ2n) is 6.57. The molecule has 1 aromatic carbocycles. The van der Waals surface area contributed by atoms with Crippen molar-refractivity contribution >= 4 is 10.8 Å². The molecule has 1 unspecified atom stereocenters. The minimum absolute atomic E-state index is 0.320. The average molecular weight is 323 g/mol. The Hall–Kier alpha value is -0.630. The summed E-state index contributed by atoms with van der Waals surface area (Å²) >= 11 is 0. The van der Waals surface area contributed by atoms with Gasteiger partial charge in [-0.2, -0.15) is 0 Å². The first-order chi connectivity index (χ1) is 10.6. The van der Waals surface area contributed by atoms with Gasteiger partial charge in [0.25, 0.3) is 0 Å². The first-order valence-electron chi connectivity index (χ1n) is 9.08. The smallest absolute Gasteiger partial charge is 0.0291 e. The van der Waals surface area contributed by atoms with Gasteiger partial charge in [0.1, 0.15) is 0 Å². The summed E-state index contributed by atoms with van der Waals surface area (Å²) in [5.41, 5.74) is 2.95. The molecule has 0 aliphatic rings. The maximum Gasteiger partial charge on any atom is 0.0291 e. The van der Waals surface area contributed by atoms with Crippen LogP contribution in [0.25, 0.3) is 0 Å². The highest BCUT2D eigenvalue weighted by molar-refractivity contribution is 7.85. The molecular weight excluding hydrogens is 288 g/mol. The first-order valence-corrected chi connectivity index (χ1v) is 10.5. The molecule has 22 heavy (non-hydrogen) atoms. The lowest BCUT2D eigenvalue weighted by molar-refractivity contribution is 0.627. The molecule has 0 aromatic heterocycles. The Morgan fingerprint density at radius 2 is 1.32 bits per heavy atom. The SMILES string of the molecule is CCCCc1ccc(CCCCCCCS(=O)C(C)C)cc1. The highest BCUT2D eigenvalue weighted by Crippen LogP contribution is 2.12. The Morgan fingerprint density at radius 3 is 1.86 bits per heavy atom. The predicted octanol–water partition coefficient (Wildman–Crippen LogP) is 5.68. The summed E-state index contributed by atoms with van der Waals surface area (Å²) in [6, 6.07) is 9.20. The van der Waals surface area contributed by atoms with E-state index in [-0.39, 0.29) is 0 Å². The van der Waals surface area contributed by atoms with Gasteiger partial charge in [0.05, 0.1) is 0 Å². The Balaban J connectivity index is 2.06. The lowest BCUT2D eigenvalue weighted by Gasteiger charge is -2.06. The number of aryl methyl sites for hydroxylation is 2. The van der Waals surface area contributed by atoms with Crippen LogP contribution in [0, 0.1) is 0 Å². The zero-order valence-electron chi connectivity index (χ0n) is 14.8. The summed E-state index contributed by atoms with van der Waals surface area (Å²) in [5, 5.41) is 0.320. The largest absolute Gasteiger partial charge is 0.259 e. The number of hydrogen-bond donors (Lipinski definition) is 0. The molecule has 0 heterocycles. The van der Waals surface area contributed by atoms with Crippen molar-refractivity contribution in [2.75, 3.05) is 5.75 Å². The lowest BCUT2D eigenvalue weighted by Crippen LogP contribution is -2.09. The van der Waals surface area contributed by atoms with Gasteiger partial charge < -0.3 is 0 Å². The highest BCUT2D eigenvalue weighted by atomic mass is 32.2. The molecule has 1 rings (SSSR count). The Morgan fingerprint density at radius 1 is 0.818 bits per heavy atom. The number of benzene rings is 1. The molecule has 0 spiro atoms. The van der Waals surface area contributed by atoms with Gasteiger partial charge in [0.2, 0.25) is 0 Å². The van der Waals surface area contributed by atoms with Gasteiger partial charge >= 0.3 is 0 Å². The second kappa shape index (κ2) is 11.9. The predicted molar refractivity (Wildman–Crippen MR) is 100.0 cm³/mol. The minimum Gasteiger partial charge on any atom is -0.259 e. The van der Waals surface area contributed by atoms with E-state index in [9.17, 15) is 4.21 Å². The molecule has 0 radical (unpaired) electrons. The average Bonchev–Trinajstić information content (AvgIpc) is 2.52. The first kappa shape index (κ1) is 19.4. The molecule has 0 aliphatic heterocycles. The summed E-state index contributed by atoms with van der Waals surface area (Å²) in [4.78, 5) is 0. The molecule has 126 valence electrons. The minimum atomic E-state index is -0.614. The van der Waals surface area contributed by atoms with Crippen LogP contribution in [0.2, 0.25) is 0 Å². The molecular formula is C20H34OS. The summed E-state index contributed by atoms with van der Waals surface area (Å²) in [5.74, 6) is 0.886. The third-order valence-corrected chi connectivity index (χ3v) is 5.92. The van der Waals surface area contributed by atoms with Gasteiger partial charge in [-0.1, -0.05) is 70.7 Å². The van der Waals surface area contributed by atoms with Crippen LogP contribution in [0.15, 0.2) is 24.3 Å². The number of rotatable bonds is 12. The summed E-state index contributed by atoms with van der Waals surface area (Å²) in [6.45, 7) is 6.34. The van der Waals surface area contributed by atoms with Crippen LogP contribution in [0.1, 0.15) is 76.8 Å². The van der Waals surface area contributed by atoms with Crippen molar-refractivity contribution < 1.29 is 4.21 Å². The zero-order chi connectivity index (χ0) is 16.2. The van der Waals surface area contributed by atoms with E-state index in [0.29, 0.717) is 5.25 Å². The third kappa shape index (κ3) is 8.73. The van der Waals surface area contributed by atoms with Crippen molar-refractivity contribution in [2.45, 2.75) is 83.8 Å². The molecule has 0 aliphatic carbocycles. The van der Waals surface area contributed by atoms with Crippen LogP contribution < -0.4 is 0 Å². The normalized spacial score (nSPS) is 12.7. The van der Waals surface area contributed by atoms with Crippen molar-refractivity contribution in [3.05, 3.63) is 35.4 Å². The molecule has 0 amide bonds. The maximum atomic E-state index is 11.6. The Kier molecular flexibility index (Phi) is 10.5. The van der Waals surface area contributed by atoms with Gasteiger partial charge in [-0.15, -0.1) is 0 Å². The molecule has 0 saturated heterocycles. The Bertz CT molecular complexity index is 408. The number of hydrogen-bond acceptors (Lipinski definition) is 1. The molecule has 2 heteroatoms. The van der Waals surface area contributed by atoms with E-state index in [4.69, 9.17) is 0 Å². The van der Waals surface area contributed by atoms with E-state index >= 15 is 0 Å². The van der Waals surface area contributed by atoms with Gasteiger partial charge in [0, 0.05) is 21.8 Å². The van der Waals surface area contributed by atoms with Crippen LogP contribution in [-0.2, 0) is 23.6 Å². The van der Waals surface area contributed by atoms with E-state index < -0.39 is 10.8 Å². The maximum absolute atomic E-state index is 11.6. The van der Waals surface area contributed by atoms with Crippen molar-refractivity contribution in [2.24, 2.45) is 0 Å². The Labute approximate surface area is 140 Å². The van der Waals surface area contributed by atoms with Gasteiger partial charge in [-0.05, 0) is 43.2 Å². The summed E-state index contributed by atoms with van der Waals surface area (Å²) < 4.78 is 11.6. The van der Waals surface area contributed by atoms with E-state index in [1.807, 2.05) is 13.8 Å². The van der Waals surface area contributed by atoms with E-state index in [2.05, 4.69) is 31.2 Å². The second-order valence-corrected chi connectivity index (χ2v) is 8.68. The van der Waals surface area contributed by atoms with Crippen LogP contribution in [0.3, 0.4) is 0 Å². The number of unbranched alkanes of at least 4 members (excludes halogenated alkanes) is 5. The summed E-state index contributed by atoms with van der Waals surface area (Å²) in [7, 11) is -0.614. The van der Waals surface area contributed by atoms with E-state index in [0.717, 1.165) is 12.2 Å². The van der Waals surface area contributed by atoms with Crippen molar-refractivity contribution in [3.63, 3.8) is 0 Å². The van der Waals surface area contributed by atoms with Crippen molar-refractivity contribution in [1.82, 2.24) is 0 Å². The van der Waals surface area contributed by atoms with E-state index in [1.54, 1.807) is 0 Å².